The number of ether oxygens (including phenoxy) is 3. The number of amides is 2. The molecular formula is C31H45N3O8. The van der Waals surface area contributed by atoms with Gasteiger partial charge in [0.15, 0.2) is 6.10 Å². The number of allylic oxidation sites excluding steroid dienone is 4. The molecule has 1 heterocycles. The van der Waals surface area contributed by atoms with E-state index in [9.17, 15) is 24.3 Å². The third-order valence-corrected chi connectivity index (χ3v) is 7.23. The van der Waals surface area contributed by atoms with Crippen molar-refractivity contribution in [2.24, 2.45) is 17.6 Å². The summed E-state index contributed by atoms with van der Waals surface area (Å²) in [6.45, 7) is 10.7. The summed E-state index contributed by atoms with van der Waals surface area (Å²) in [6, 6.07) is -0.110. The first-order valence-electron chi connectivity index (χ1n) is 14.0. The van der Waals surface area contributed by atoms with Gasteiger partial charge >= 0.3 is 6.09 Å². The molecule has 0 radical (unpaired) electrons. The van der Waals surface area contributed by atoms with Gasteiger partial charge in [-0.05, 0) is 52.0 Å². The van der Waals surface area contributed by atoms with E-state index >= 15 is 0 Å². The van der Waals surface area contributed by atoms with E-state index in [0.717, 1.165) is 6.08 Å². The summed E-state index contributed by atoms with van der Waals surface area (Å²) in [4.78, 5) is 51.4. The Morgan fingerprint density at radius 1 is 1.14 bits per heavy atom. The number of primary amides is 1. The molecule has 11 nitrogen and oxygen atoms in total. The molecule has 0 aromatic rings. The van der Waals surface area contributed by atoms with Crippen LogP contribution in [0.1, 0.15) is 54.4 Å². The third kappa shape index (κ3) is 9.23. The number of fused-ring (bicyclic) bond motifs is 2. The smallest absolute Gasteiger partial charge is 0.405 e. The van der Waals surface area contributed by atoms with Crippen molar-refractivity contribution in [2.45, 2.75) is 84.8 Å². The molecule has 11 heteroatoms. The molecule has 2 amide bonds. The molecule has 2 bridgehead atoms. The van der Waals surface area contributed by atoms with E-state index in [2.05, 4.69) is 10.6 Å². The molecular weight excluding hydrogens is 542 g/mol. The SMILES string of the molecule is CO[C@H]1/C=C\C=C(/C)C(=O)NC2=CC(=O)C(NC(C)C)=C(C[C@@H](C)C[C@H](OC)[C@H](O)[C@@H](C)/C=C(\C)[C@@H]1OC(N)=O)C2=O. The quantitative estimate of drug-likeness (QED) is 0.279. The lowest BCUT2D eigenvalue weighted by molar-refractivity contribution is -0.120. The van der Waals surface area contributed by atoms with Crippen molar-refractivity contribution in [3.05, 3.63) is 58.5 Å². The van der Waals surface area contributed by atoms with Crippen LogP contribution in [0.5, 0.6) is 0 Å². The number of nitrogens with one attached hydrogen (secondary N) is 2. The molecule has 42 heavy (non-hydrogen) atoms. The van der Waals surface area contributed by atoms with E-state index in [1.54, 1.807) is 32.1 Å². The maximum atomic E-state index is 13.6. The zero-order valence-corrected chi connectivity index (χ0v) is 25.7. The van der Waals surface area contributed by atoms with Gasteiger partial charge in [0.25, 0.3) is 5.91 Å². The Balaban J connectivity index is 2.63. The molecule has 1 aliphatic carbocycles. The summed E-state index contributed by atoms with van der Waals surface area (Å²) in [6.07, 6.45) is 3.89. The van der Waals surface area contributed by atoms with Crippen molar-refractivity contribution in [3.63, 3.8) is 0 Å². The van der Waals surface area contributed by atoms with Crippen molar-refractivity contribution in [2.75, 3.05) is 14.2 Å². The lowest BCUT2D eigenvalue weighted by Gasteiger charge is -2.30. The molecule has 0 aromatic carbocycles. The van der Waals surface area contributed by atoms with Gasteiger partial charge in [0.1, 0.15) is 6.10 Å². The lowest BCUT2D eigenvalue weighted by Crippen LogP contribution is -2.38. The Labute approximate surface area is 247 Å². The number of Topliss-reactive ketones (excluding diaryl/α,β-unsaturated/α-hetero) is 1. The average Bonchev–Trinajstić information content (AvgIpc) is 2.91. The predicted molar refractivity (Wildman–Crippen MR) is 158 cm³/mol. The highest BCUT2D eigenvalue weighted by atomic mass is 16.6. The van der Waals surface area contributed by atoms with Crippen LogP contribution in [0.25, 0.3) is 0 Å². The number of aliphatic hydroxyl groups is 1. The highest BCUT2D eigenvalue weighted by molar-refractivity contribution is 6.23. The number of hydrogen-bond donors (Lipinski definition) is 4. The van der Waals surface area contributed by atoms with Gasteiger partial charge in [-0.25, -0.2) is 4.79 Å². The lowest BCUT2D eigenvalue weighted by atomic mass is 9.85. The fourth-order valence-electron chi connectivity index (χ4n) is 5.03. The summed E-state index contributed by atoms with van der Waals surface area (Å²) < 4.78 is 16.6. The second-order valence-corrected chi connectivity index (χ2v) is 11.2. The first kappa shape index (κ1) is 34.7. The van der Waals surface area contributed by atoms with Crippen LogP contribution in [-0.4, -0.2) is 73.4 Å². The predicted octanol–water partition coefficient (Wildman–Crippen LogP) is 2.76. The van der Waals surface area contributed by atoms with E-state index in [0.29, 0.717) is 12.0 Å². The maximum Gasteiger partial charge on any atom is 0.405 e. The van der Waals surface area contributed by atoms with Crippen LogP contribution in [0.4, 0.5) is 4.79 Å². The van der Waals surface area contributed by atoms with Crippen LogP contribution < -0.4 is 16.4 Å². The highest BCUT2D eigenvalue weighted by Gasteiger charge is 2.33. The van der Waals surface area contributed by atoms with E-state index < -0.39 is 53.9 Å². The normalized spacial score (nSPS) is 31.9. The van der Waals surface area contributed by atoms with Crippen molar-refractivity contribution in [1.82, 2.24) is 10.6 Å². The Morgan fingerprint density at radius 2 is 1.81 bits per heavy atom. The zero-order valence-electron chi connectivity index (χ0n) is 25.7. The molecule has 232 valence electrons. The van der Waals surface area contributed by atoms with E-state index in [4.69, 9.17) is 19.9 Å². The number of methoxy groups -OCH3 is 2. The fourth-order valence-corrected chi connectivity index (χ4v) is 5.03. The number of carbonyl (C=O) groups is 4. The maximum absolute atomic E-state index is 13.6. The molecule has 2 rings (SSSR count). The molecule has 0 aromatic heterocycles. The van der Waals surface area contributed by atoms with Gasteiger partial charge in [-0.15, -0.1) is 0 Å². The Bertz CT molecular complexity index is 1200. The highest BCUT2D eigenvalue weighted by Crippen LogP contribution is 2.29. The van der Waals surface area contributed by atoms with Gasteiger partial charge < -0.3 is 35.7 Å². The van der Waals surface area contributed by atoms with Crippen LogP contribution in [0.2, 0.25) is 0 Å². The zero-order chi connectivity index (χ0) is 31.7. The number of aliphatic hydroxyl groups excluding tert-OH is 1. The largest absolute Gasteiger partial charge is 0.439 e. The number of hydrogen-bond acceptors (Lipinski definition) is 9. The third-order valence-electron chi connectivity index (χ3n) is 7.23. The summed E-state index contributed by atoms with van der Waals surface area (Å²) in [5, 5.41) is 16.9. The average molecular weight is 588 g/mol. The van der Waals surface area contributed by atoms with E-state index in [-0.39, 0.29) is 40.9 Å². The number of nitrogens with two attached hydrogens (primary N) is 1. The summed E-state index contributed by atoms with van der Waals surface area (Å²) in [7, 11) is 2.93. The van der Waals surface area contributed by atoms with Crippen LogP contribution in [-0.2, 0) is 28.6 Å². The number of ketones is 2. The van der Waals surface area contributed by atoms with Crippen LogP contribution in [0.15, 0.2) is 58.5 Å². The van der Waals surface area contributed by atoms with Crippen LogP contribution in [0.3, 0.4) is 0 Å². The first-order chi connectivity index (χ1) is 19.7. The van der Waals surface area contributed by atoms with Gasteiger partial charge in [0, 0.05) is 43.4 Å². The summed E-state index contributed by atoms with van der Waals surface area (Å²) in [5.74, 6) is -2.05. The second kappa shape index (κ2) is 15.6. The van der Waals surface area contributed by atoms with Gasteiger partial charge in [-0.3, -0.25) is 14.4 Å². The molecule has 0 spiro atoms. The topological polar surface area (TPSA) is 166 Å². The number of rotatable bonds is 5. The van der Waals surface area contributed by atoms with Crippen molar-refractivity contribution in [1.29, 1.82) is 0 Å². The van der Waals surface area contributed by atoms with Gasteiger partial charge in [-0.1, -0.05) is 38.2 Å². The minimum absolute atomic E-state index is 0.110. The molecule has 0 saturated carbocycles. The minimum Gasteiger partial charge on any atom is -0.439 e. The Hall–Kier alpha value is -3.54. The first-order valence-corrected chi connectivity index (χ1v) is 14.0. The number of carbonyl (C=O) groups excluding carboxylic acids is 4. The molecule has 1 aliphatic heterocycles. The second-order valence-electron chi connectivity index (χ2n) is 11.2. The van der Waals surface area contributed by atoms with Crippen LogP contribution in [0, 0.1) is 11.8 Å². The van der Waals surface area contributed by atoms with Crippen molar-refractivity contribution >= 4 is 23.6 Å². The molecule has 0 unspecified atom stereocenters. The fraction of sp³-hybridized carbons (Fsp3) is 0.548. The van der Waals surface area contributed by atoms with E-state index in [1.165, 1.54) is 20.3 Å². The Morgan fingerprint density at radius 3 is 2.38 bits per heavy atom. The van der Waals surface area contributed by atoms with E-state index in [1.807, 2.05) is 27.7 Å². The molecule has 6 atom stereocenters. The molecule has 0 fully saturated rings. The van der Waals surface area contributed by atoms with Crippen molar-refractivity contribution < 1.29 is 38.5 Å². The summed E-state index contributed by atoms with van der Waals surface area (Å²) >= 11 is 0. The molecule has 0 saturated heterocycles. The standard InChI is InChI=1S/C31H45N3O8/c1-16(2)33-26-21-12-17(3)13-25(41-8)27(36)19(5)14-20(6)29(42-31(32)39)24(40-7)11-9-10-18(4)30(38)34-22(28(21)37)15-23(26)35/h9-11,14-17,19,24-25,27,29,33,36H,12-13H2,1-8H3,(H2,32,39)(H,34,38)/b11-9-,18-10+,20-14+/t17-,19+,24+,25+,27-,29+/m1/s1. The van der Waals surface area contributed by atoms with Gasteiger partial charge in [-0.2, -0.15) is 0 Å². The van der Waals surface area contributed by atoms with Gasteiger partial charge in [0.05, 0.1) is 23.6 Å². The van der Waals surface area contributed by atoms with Crippen molar-refractivity contribution in [3.8, 4) is 0 Å². The summed E-state index contributed by atoms with van der Waals surface area (Å²) in [5.41, 5.74) is 6.54. The van der Waals surface area contributed by atoms with Gasteiger partial charge in [0.2, 0.25) is 11.6 Å². The van der Waals surface area contributed by atoms with Crippen LogP contribution >= 0.6 is 0 Å². The Kier molecular flexibility index (Phi) is 12.9. The molecule has 5 N–H and O–H groups in total. The monoisotopic (exact) mass is 587 g/mol. The minimum atomic E-state index is -0.997. The molecule has 2 aliphatic rings.